The van der Waals surface area contributed by atoms with Gasteiger partial charge in [0.2, 0.25) is 0 Å². The van der Waals surface area contributed by atoms with Gasteiger partial charge in [-0.3, -0.25) is 14.5 Å². The van der Waals surface area contributed by atoms with Gasteiger partial charge in [0.25, 0.3) is 11.7 Å². The summed E-state index contributed by atoms with van der Waals surface area (Å²) in [6, 6.07) is 18.9. The molecule has 1 saturated heterocycles. The van der Waals surface area contributed by atoms with Gasteiger partial charge in [0, 0.05) is 17.3 Å². The molecule has 1 amide bonds. The van der Waals surface area contributed by atoms with E-state index in [1.165, 1.54) is 4.90 Å². The largest absolute Gasteiger partial charge is 0.507 e. The van der Waals surface area contributed by atoms with Crippen LogP contribution in [-0.2, 0) is 16.0 Å². The summed E-state index contributed by atoms with van der Waals surface area (Å²) in [5.41, 5.74) is 2.78. The van der Waals surface area contributed by atoms with Crippen LogP contribution in [0.5, 0.6) is 17.2 Å². The third-order valence-corrected chi connectivity index (χ3v) is 6.45. The minimum absolute atomic E-state index is 0.00172. The molecule has 0 aliphatic carbocycles. The molecule has 2 aliphatic rings. The number of aliphatic hydroxyl groups excluding tert-OH is 1. The minimum Gasteiger partial charge on any atom is -0.507 e. The van der Waals surface area contributed by atoms with Gasteiger partial charge >= 0.3 is 0 Å². The molecule has 0 spiro atoms. The maximum absolute atomic E-state index is 13.4. The molecule has 2 heterocycles. The van der Waals surface area contributed by atoms with E-state index in [4.69, 9.17) is 14.2 Å². The fourth-order valence-electron chi connectivity index (χ4n) is 4.65. The Hall–Kier alpha value is -4.26. The van der Waals surface area contributed by atoms with Gasteiger partial charge in [-0.15, -0.1) is 0 Å². The molecule has 7 heteroatoms. The van der Waals surface area contributed by atoms with E-state index in [1.807, 2.05) is 38.1 Å². The fourth-order valence-corrected chi connectivity index (χ4v) is 4.65. The number of hydrogen-bond donors (Lipinski definition) is 1. The van der Waals surface area contributed by atoms with Crippen molar-refractivity contribution in [1.82, 2.24) is 0 Å². The Morgan fingerprint density at radius 1 is 0.973 bits per heavy atom. The highest BCUT2D eigenvalue weighted by Crippen LogP contribution is 2.44. The predicted octanol–water partition coefficient (Wildman–Crippen LogP) is 5.43. The molecule has 0 saturated carbocycles. The zero-order valence-electron chi connectivity index (χ0n) is 21.1. The van der Waals surface area contributed by atoms with Crippen molar-refractivity contribution in [3.63, 3.8) is 0 Å². The number of nitrogens with zero attached hydrogens (tertiary/aromatic N) is 1. The van der Waals surface area contributed by atoms with Crippen LogP contribution in [0, 0.1) is 0 Å². The number of fused-ring (bicyclic) bond motifs is 1. The van der Waals surface area contributed by atoms with Crippen molar-refractivity contribution in [2.45, 2.75) is 39.3 Å². The smallest absolute Gasteiger partial charge is 0.300 e. The Morgan fingerprint density at radius 2 is 1.65 bits per heavy atom. The summed E-state index contributed by atoms with van der Waals surface area (Å²) in [7, 11) is 0. The van der Waals surface area contributed by atoms with Crippen LogP contribution in [0.25, 0.3) is 5.76 Å². The van der Waals surface area contributed by atoms with Crippen molar-refractivity contribution < 1.29 is 28.9 Å². The van der Waals surface area contributed by atoms with E-state index >= 15 is 0 Å². The number of ketones is 1. The average Bonchev–Trinajstić information content (AvgIpc) is 3.18. The summed E-state index contributed by atoms with van der Waals surface area (Å²) >= 11 is 0. The first-order valence-electron chi connectivity index (χ1n) is 12.4. The van der Waals surface area contributed by atoms with E-state index < -0.39 is 17.7 Å². The van der Waals surface area contributed by atoms with Crippen LogP contribution in [0.2, 0.25) is 0 Å². The number of carbonyl (C=O) groups excluding carboxylic acids is 2. The number of carbonyl (C=O) groups is 2. The Labute approximate surface area is 215 Å². The molecule has 0 bridgehead atoms. The molecule has 5 rings (SSSR count). The Kier molecular flexibility index (Phi) is 6.61. The lowest BCUT2D eigenvalue weighted by Gasteiger charge is -2.27. The second kappa shape index (κ2) is 10.0. The normalized spacial score (nSPS) is 18.4. The van der Waals surface area contributed by atoms with Gasteiger partial charge in [-0.1, -0.05) is 31.2 Å². The Morgan fingerprint density at radius 3 is 2.30 bits per heavy atom. The minimum atomic E-state index is -0.819. The van der Waals surface area contributed by atoms with Crippen LogP contribution in [0.1, 0.15) is 43.5 Å². The molecule has 37 heavy (non-hydrogen) atoms. The molecule has 1 fully saturated rings. The lowest BCUT2D eigenvalue weighted by molar-refractivity contribution is -0.132. The van der Waals surface area contributed by atoms with Gasteiger partial charge in [-0.2, -0.15) is 0 Å². The number of rotatable bonds is 6. The fraction of sp³-hybridized carbons (Fsp3) is 0.267. The molecular weight excluding hydrogens is 470 g/mol. The van der Waals surface area contributed by atoms with Gasteiger partial charge in [0.1, 0.15) is 24.7 Å². The average molecular weight is 500 g/mol. The molecule has 1 atom stereocenters. The highest BCUT2D eigenvalue weighted by molar-refractivity contribution is 6.51. The molecule has 3 aromatic carbocycles. The maximum Gasteiger partial charge on any atom is 0.300 e. The second-order valence-electron chi connectivity index (χ2n) is 9.28. The molecule has 3 aromatic rings. The van der Waals surface area contributed by atoms with E-state index in [-0.39, 0.29) is 17.4 Å². The number of anilines is 1. The lowest BCUT2D eigenvalue weighted by atomic mass is 9.94. The summed E-state index contributed by atoms with van der Waals surface area (Å²) < 4.78 is 17.0. The molecule has 190 valence electrons. The Balaban J connectivity index is 1.63. The number of amides is 1. The lowest BCUT2D eigenvalue weighted by Crippen LogP contribution is -2.29. The van der Waals surface area contributed by atoms with Gasteiger partial charge in [-0.25, -0.2) is 0 Å². The molecule has 0 radical (unpaired) electrons. The number of aliphatic hydroxyl groups is 1. The van der Waals surface area contributed by atoms with Crippen molar-refractivity contribution in [3.8, 4) is 17.2 Å². The van der Waals surface area contributed by atoms with Gasteiger partial charge in [-0.05, 0) is 67.8 Å². The first-order valence-corrected chi connectivity index (χ1v) is 12.4. The highest BCUT2D eigenvalue weighted by Gasteiger charge is 2.47. The summed E-state index contributed by atoms with van der Waals surface area (Å²) in [6.07, 6.45) is 0.856. The van der Waals surface area contributed by atoms with Gasteiger partial charge in [0.05, 0.1) is 17.7 Å². The molecule has 7 nitrogen and oxygen atoms in total. The van der Waals surface area contributed by atoms with Crippen molar-refractivity contribution in [2.24, 2.45) is 0 Å². The van der Waals surface area contributed by atoms with Crippen LogP contribution >= 0.6 is 0 Å². The van der Waals surface area contributed by atoms with Crippen molar-refractivity contribution in [3.05, 3.63) is 89.0 Å². The van der Waals surface area contributed by atoms with Crippen LogP contribution in [0.15, 0.2) is 72.3 Å². The number of benzene rings is 3. The number of ether oxygens (including phenoxy) is 3. The molecular formula is C30H29NO6. The van der Waals surface area contributed by atoms with Crippen LogP contribution in [0.3, 0.4) is 0 Å². The summed E-state index contributed by atoms with van der Waals surface area (Å²) in [5.74, 6) is 0.0293. The topological polar surface area (TPSA) is 85.3 Å². The Bertz CT molecular complexity index is 1360. The zero-order valence-corrected chi connectivity index (χ0v) is 21.1. The monoisotopic (exact) mass is 499 g/mol. The van der Waals surface area contributed by atoms with Gasteiger partial charge < -0.3 is 19.3 Å². The SMILES string of the molecule is CCc1ccc(C2/C(=C(\O)c3ccc(OC(C)C)cc3)C(=O)C(=O)N2c2ccc3c(c2)OCCO3)cc1. The third kappa shape index (κ3) is 4.65. The second-order valence-corrected chi connectivity index (χ2v) is 9.28. The molecule has 1 unspecified atom stereocenters. The van der Waals surface area contributed by atoms with Crippen molar-refractivity contribution in [2.75, 3.05) is 18.1 Å². The number of Topliss-reactive ketones (excluding diaryl/α,β-unsaturated/α-hetero) is 1. The summed E-state index contributed by atoms with van der Waals surface area (Å²) in [6.45, 7) is 6.76. The van der Waals surface area contributed by atoms with E-state index in [2.05, 4.69) is 6.92 Å². The van der Waals surface area contributed by atoms with Crippen molar-refractivity contribution in [1.29, 1.82) is 0 Å². The van der Waals surface area contributed by atoms with E-state index in [0.29, 0.717) is 47.3 Å². The number of aryl methyl sites for hydroxylation is 1. The summed E-state index contributed by atoms with van der Waals surface area (Å²) in [5, 5.41) is 11.4. The van der Waals surface area contributed by atoms with E-state index in [9.17, 15) is 14.7 Å². The zero-order chi connectivity index (χ0) is 26.1. The molecule has 2 aliphatic heterocycles. The van der Waals surface area contributed by atoms with Crippen LogP contribution in [-0.4, -0.2) is 36.1 Å². The first-order chi connectivity index (χ1) is 17.9. The third-order valence-electron chi connectivity index (χ3n) is 6.45. The summed E-state index contributed by atoms with van der Waals surface area (Å²) in [4.78, 5) is 28.3. The first kappa shape index (κ1) is 24.4. The van der Waals surface area contributed by atoms with Crippen LogP contribution in [0.4, 0.5) is 5.69 Å². The van der Waals surface area contributed by atoms with Crippen LogP contribution < -0.4 is 19.1 Å². The molecule has 1 N–H and O–H groups in total. The quantitative estimate of drug-likeness (QED) is 0.276. The maximum atomic E-state index is 13.4. The van der Waals surface area contributed by atoms with Gasteiger partial charge in [0.15, 0.2) is 11.5 Å². The highest BCUT2D eigenvalue weighted by atomic mass is 16.6. The number of hydrogen-bond acceptors (Lipinski definition) is 6. The van der Waals surface area contributed by atoms with E-state index in [1.54, 1.807) is 42.5 Å². The van der Waals surface area contributed by atoms with E-state index in [0.717, 1.165) is 12.0 Å². The standard InChI is InChI=1S/C30H29NO6/c1-4-19-5-7-20(8-6-19)27-26(28(32)21-9-12-23(13-10-21)37-18(2)3)29(33)30(34)31(27)22-11-14-24-25(17-22)36-16-15-35-24/h5-14,17-18,27,32H,4,15-16H2,1-3H3/b28-26+. The molecule has 0 aromatic heterocycles. The van der Waals surface area contributed by atoms with Crippen molar-refractivity contribution >= 4 is 23.1 Å². The predicted molar refractivity (Wildman–Crippen MR) is 140 cm³/mol.